The number of H-pyrrole nitrogens is 2. The van der Waals surface area contributed by atoms with Gasteiger partial charge in [0.2, 0.25) is 17.7 Å². The number of benzene rings is 1. The van der Waals surface area contributed by atoms with Crippen LogP contribution in [0.2, 0.25) is 0 Å². The second-order valence-electron chi connectivity index (χ2n) is 10.1. The third-order valence-electron chi connectivity index (χ3n) is 6.58. The Hall–Kier alpha value is -4.72. The van der Waals surface area contributed by atoms with Gasteiger partial charge in [-0.3, -0.25) is 19.2 Å². The van der Waals surface area contributed by atoms with Crippen molar-refractivity contribution in [2.45, 2.75) is 63.7 Å². The van der Waals surface area contributed by atoms with Gasteiger partial charge in [0, 0.05) is 48.3 Å². The van der Waals surface area contributed by atoms with Gasteiger partial charge in [0.05, 0.1) is 12.4 Å². The molecule has 2 aromatic heterocycles. The number of amides is 3. The second kappa shape index (κ2) is 14.1. The van der Waals surface area contributed by atoms with Gasteiger partial charge in [-0.25, -0.2) is 9.78 Å². The number of aromatic nitrogens is 3. The van der Waals surface area contributed by atoms with Crippen molar-refractivity contribution < 1.29 is 34.2 Å². The molecule has 14 heteroatoms. The molecule has 41 heavy (non-hydrogen) atoms. The monoisotopic (exact) mass is 569 g/mol. The molecule has 0 saturated carbocycles. The van der Waals surface area contributed by atoms with E-state index < -0.39 is 59.7 Å². The van der Waals surface area contributed by atoms with E-state index in [0.29, 0.717) is 11.3 Å². The molecule has 3 rings (SSSR count). The lowest BCUT2D eigenvalue weighted by molar-refractivity contribution is -0.142. The zero-order valence-corrected chi connectivity index (χ0v) is 22.7. The maximum atomic E-state index is 13.3. The van der Waals surface area contributed by atoms with Crippen LogP contribution >= 0.6 is 0 Å². The van der Waals surface area contributed by atoms with E-state index in [9.17, 15) is 29.1 Å². The summed E-state index contributed by atoms with van der Waals surface area (Å²) >= 11 is 0. The molecule has 0 aliphatic heterocycles. The van der Waals surface area contributed by atoms with E-state index in [1.165, 1.54) is 12.5 Å². The standard InChI is InChI=1S/C27H35N7O7/c1-14(2)23(26(39)33-21(27(40)41)9-15-11-30-19-6-4-3-5-17(15)19)34-25(38)20(10-16-12-29-13-31-16)32-24(37)18(28)7-8-22(35)36/h3-6,11-14,18,20-21,23,30H,7-10,28H2,1-2H3,(H,29,31)(H,32,37)(H,33,39)(H,34,38)(H,35,36)(H,40,41). The number of carboxylic acids is 2. The van der Waals surface area contributed by atoms with Crippen LogP contribution < -0.4 is 21.7 Å². The number of fused-ring (bicyclic) bond motifs is 1. The van der Waals surface area contributed by atoms with Gasteiger partial charge in [-0.15, -0.1) is 0 Å². The summed E-state index contributed by atoms with van der Waals surface area (Å²) in [7, 11) is 0. The third-order valence-corrected chi connectivity index (χ3v) is 6.58. The SMILES string of the molecule is CC(C)C(NC(=O)C(Cc1cnc[nH]1)NC(=O)C(N)CCC(=O)O)C(=O)NC(Cc1c[nH]c2ccccc12)C(=O)O. The molecule has 9 N–H and O–H groups in total. The molecule has 0 spiro atoms. The number of hydrogen-bond donors (Lipinski definition) is 8. The Morgan fingerprint density at radius 3 is 2.27 bits per heavy atom. The first-order chi connectivity index (χ1) is 19.5. The number of nitrogens with one attached hydrogen (secondary N) is 5. The maximum Gasteiger partial charge on any atom is 0.326 e. The minimum absolute atomic E-state index is 0.0105. The Balaban J connectivity index is 1.73. The lowest BCUT2D eigenvalue weighted by atomic mass is 10.00. The lowest BCUT2D eigenvalue weighted by Gasteiger charge is -2.27. The summed E-state index contributed by atoms with van der Waals surface area (Å²) < 4.78 is 0. The van der Waals surface area contributed by atoms with Gasteiger partial charge in [0.15, 0.2) is 0 Å². The maximum absolute atomic E-state index is 13.3. The first-order valence-electron chi connectivity index (χ1n) is 13.1. The van der Waals surface area contributed by atoms with Gasteiger partial charge in [0.1, 0.15) is 18.1 Å². The van der Waals surface area contributed by atoms with E-state index >= 15 is 0 Å². The van der Waals surface area contributed by atoms with Crippen LogP contribution in [0.1, 0.15) is 37.9 Å². The number of nitrogens with two attached hydrogens (primary N) is 1. The van der Waals surface area contributed by atoms with Crippen molar-refractivity contribution in [2.24, 2.45) is 11.7 Å². The Labute approximate surface area is 235 Å². The van der Waals surface area contributed by atoms with Crippen LogP contribution in [0.4, 0.5) is 0 Å². The van der Waals surface area contributed by atoms with Crippen LogP contribution in [0.3, 0.4) is 0 Å². The molecule has 4 unspecified atom stereocenters. The topological polar surface area (TPSA) is 232 Å². The summed E-state index contributed by atoms with van der Waals surface area (Å²) in [5.74, 6) is -4.95. The van der Waals surface area contributed by atoms with Gasteiger partial charge < -0.3 is 41.9 Å². The molecule has 3 aromatic rings. The van der Waals surface area contributed by atoms with E-state index in [0.717, 1.165) is 10.9 Å². The molecule has 0 radical (unpaired) electrons. The van der Waals surface area contributed by atoms with Crippen molar-refractivity contribution >= 4 is 40.6 Å². The highest BCUT2D eigenvalue weighted by atomic mass is 16.4. The highest BCUT2D eigenvalue weighted by Gasteiger charge is 2.32. The van der Waals surface area contributed by atoms with E-state index in [4.69, 9.17) is 10.8 Å². The molecule has 0 saturated heterocycles. The highest BCUT2D eigenvalue weighted by Crippen LogP contribution is 2.19. The Bertz CT molecular complexity index is 1370. The number of aromatic amines is 2. The number of carboxylic acid groups (broad SMARTS) is 2. The molecule has 0 bridgehead atoms. The molecule has 2 heterocycles. The Morgan fingerprint density at radius 1 is 0.927 bits per heavy atom. The van der Waals surface area contributed by atoms with Crippen LogP contribution in [-0.4, -0.2) is 79.0 Å². The van der Waals surface area contributed by atoms with Crippen LogP contribution in [-0.2, 0) is 36.8 Å². The summed E-state index contributed by atoms with van der Waals surface area (Å²) in [5, 5.41) is 27.2. The zero-order chi connectivity index (χ0) is 30.1. The van der Waals surface area contributed by atoms with Crippen molar-refractivity contribution in [2.75, 3.05) is 0 Å². The summed E-state index contributed by atoms with van der Waals surface area (Å²) in [6.45, 7) is 3.37. The minimum Gasteiger partial charge on any atom is -0.481 e. The zero-order valence-electron chi connectivity index (χ0n) is 22.7. The molecule has 0 aliphatic carbocycles. The summed E-state index contributed by atoms with van der Waals surface area (Å²) in [6, 6.07) is 2.62. The normalized spacial score (nSPS) is 14.1. The number of nitrogens with zero attached hydrogens (tertiary/aromatic N) is 1. The van der Waals surface area contributed by atoms with Crippen molar-refractivity contribution in [3.8, 4) is 0 Å². The fourth-order valence-electron chi connectivity index (χ4n) is 4.29. The van der Waals surface area contributed by atoms with Crippen molar-refractivity contribution in [1.29, 1.82) is 0 Å². The van der Waals surface area contributed by atoms with Gasteiger partial charge >= 0.3 is 11.9 Å². The van der Waals surface area contributed by atoms with E-state index in [1.807, 2.05) is 24.3 Å². The van der Waals surface area contributed by atoms with Crippen LogP contribution in [0.25, 0.3) is 10.9 Å². The predicted octanol–water partition coefficient (Wildman–Crippen LogP) is 0.0633. The number of aliphatic carboxylic acids is 2. The average molecular weight is 570 g/mol. The summed E-state index contributed by atoms with van der Waals surface area (Å²) in [6.07, 6.45) is 4.08. The number of hydrogen-bond acceptors (Lipinski definition) is 7. The van der Waals surface area contributed by atoms with Crippen molar-refractivity contribution in [1.82, 2.24) is 30.9 Å². The van der Waals surface area contributed by atoms with Gasteiger partial charge in [-0.2, -0.15) is 0 Å². The molecular formula is C27H35N7O7. The molecule has 1 aromatic carbocycles. The molecule has 3 amide bonds. The van der Waals surface area contributed by atoms with Crippen LogP contribution in [0, 0.1) is 5.92 Å². The van der Waals surface area contributed by atoms with Gasteiger partial charge in [-0.1, -0.05) is 32.0 Å². The van der Waals surface area contributed by atoms with Crippen LogP contribution in [0.5, 0.6) is 0 Å². The minimum atomic E-state index is -1.27. The van der Waals surface area contributed by atoms with Crippen LogP contribution in [0.15, 0.2) is 43.0 Å². The molecule has 4 atom stereocenters. The Morgan fingerprint density at radius 2 is 1.63 bits per heavy atom. The lowest BCUT2D eigenvalue weighted by Crippen LogP contribution is -2.59. The first-order valence-corrected chi connectivity index (χ1v) is 13.1. The van der Waals surface area contributed by atoms with Gasteiger partial charge in [-0.05, 0) is 24.0 Å². The average Bonchev–Trinajstić information content (AvgIpc) is 3.59. The summed E-state index contributed by atoms with van der Waals surface area (Å²) in [5.41, 5.74) is 7.86. The predicted molar refractivity (Wildman–Crippen MR) is 147 cm³/mol. The number of para-hydroxylation sites is 1. The summed E-state index contributed by atoms with van der Waals surface area (Å²) in [4.78, 5) is 72.0. The van der Waals surface area contributed by atoms with Crippen molar-refractivity contribution in [3.63, 3.8) is 0 Å². The first kappa shape index (κ1) is 30.8. The fraction of sp³-hybridized carbons (Fsp3) is 0.407. The quantitative estimate of drug-likeness (QED) is 0.123. The molecular weight excluding hydrogens is 534 g/mol. The smallest absolute Gasteiger partial charge is 0.326 e. The fourth-order valence-corrected chi connectivity index (χ4v) is 4.29. The number of carbonyl (C=O) groups excluding carboxylic acids is 3. The molecule has 220 valence electrons. The second-order valence-corrected chi connectivity index (χ2v) is 10.1. The molecule has 0 aliphatic rings. The van der Waals surface area contributed by atoms with E-state index in [1.54, 1.807) is 20.0 Å². The van der Waals surface area contributed by atoms with Crippen molar-refractivity contribution in [3.05, 3.63) is 54.2 Å². The number of imidazole rings is 1. The van der Waals surface area contributed by atoms with E-state index in [2.05, 4.69) is 30.9 Å². The Kier molecular flexibility index (Phi) is 10.6. The van der Waals surface area contributed by atoms with Gasteiger partial charge in [0.25, 0.3) is 0 Å². The molecule has 0 fully saturated rings. The number of carbonyl (C=O) groups is 5. The number of rotatable bonds is 15. The molecule has 14 nitrogen and oxygen atoms in total. The third kappa shape index (κ3) is 8.63. The highest BCUT2D eigenvalue weighted by molar-refractivity contribution is 5.94. The largest absolute Gasteiger partial charge is 0.481 e. The van der Waals surface area contributed by atoms with E-state index in [-0.39, 0.29) is 25.7 Å².